The zero-order valence-electron chi connectivity index (χ0n) is 16.4. The van der Waals surface area contributed by atoms with Crippen molar-refractivity contribution in [2.24, 2.45) is 5.92 Å². The molecule has 154 valence electrons. The largest absolute Gasteiger partial charge is 0.492 e. The Morgan fingerprint density at radius 2 is 2.10 bits per heavy atom. The number of aromatic nitrogens is 2. The van der Waals surface area contributed by atoms with Crippen molar-refractivity contribution in [2.75, 3.05) is 19.7 Å². The Hall–Kier alpha value is -2.90. The van der Waals surface area contributed by atoms with Crippen LogP contribution in [0.15, 0.2) is 41.4 Å². The van der Waals surface area contributed by atoms with Gasteiger partial charge in [-0.3, -0.25) is 14.6 Å². The van der Waals surface area contributed by atoms with E-state index in [1.54, 1.807) is 18.5 Å². The quantitative estimate of drug-likeness (QED) is 0.686. The number of ether oxygens (including phenoxy) is 1. The number of amides is 2. The van der Waals surface area contributed by atoms with E-state index in [0.717, 1.165) is 31.4 Å². The van der Waals surface area contributed by atoms with Crippen molar-refractivity contribution in [1.82, 2.24) is 20.4 Å². The summed E-state index contributed by atoms with van der Waals surface area (Å²) in [5.74, 6) is 1.14. The van der Waals surface area contributed by atoms with E-state index in [0.29, 0.717) is 44.1 Å². The third-order valence-electron chi connectivity index (χ3n) is 5.85. The van der Waals surface area contributed by atoms with E-state index in [9.17, 15) is 9.59 Å². The molecule has 0 unspecified atom stereocenters. The normalized spacial score (nSPS) is 18.3. The van der Waals surface area contributed by atoms with Crippen LogP contribution in [0.4, 0.5) is 0 Å². The van der Waals surface area contributed by atoms with E-state index in [1.807, 2.05) is 17.0 Å². The number of piperidine rings is 1. The minimum absolute atomic E-state index is 0.0790. The minimum atomic E-state index is -0.0836. The number of pyridine rings is 1. The lowest BCUT2D eigenvalue weighted by molar-refractivity contribution is -0.122. The summed E-state index contributed by atoms with van der Waals surface area (Å²) >= 11 is 0. The summed E-state index contributed by atoms with van der Waals surface area (Å²) < 4.78 is 10.4. The van der Waals surface area contributed by atoms with Gasteiger partial charge in [-0.2, -0.15) is 0 Å². The molecule has 1 aliphatic heterocycles. The number of nitrogens with one attached hydrogen (secondary N) is 1. The standard InChI is InChI=1S/C21H26N4O4/c26-19(4-2-13-28-17-3-1-10-22-15-17)23-21(8-9-21)16-5-11-25(12-6-16)20(27)18-7-14-29-24-18/h1,3,7,10,14-16H,2,4-6,8-9,11-13H2,(H,23,26). The first-order valence-corrected chi connectivity index (χ1v) is 10.2. The van der Waals surface area contributed by atoms with E-state index in [2.05, 4.69) is 15.5 Å². The van der Waals surface area contributed by atoms with Crippen LogP contribution in [0.5, 0.6) is 5.75 Å². The molecule has 8 heteroatoms. The van der Waals surface area contributed by atoms with Gasteiger partial charge >= 0.3 is 0 Å². The molecule has 29 heavy (non-hydrogen) atoms. The lowest BCUT2D eigenvalue weighted by atomic mass is 9.87. The van der Waals surface area contributed by atoms with Crippen LogP contribution in [0.1, 0.15) is 49.0 Å². The van der Waals surface area contributed by atoms with Gasteiger partial charge in [0.1, 0.15) is 12.0 Å². The van der Waals surface area contributed by atoms with Gasteiger partial charge in [-0.1, -0.05) is 5.16 Å². The molecule has 1 saturated carbocycles. The van der Waals surface area contributed by atoms with Crippen molar-refractivity contribution in [2.45, 2.75) is 44.1 Å². The first-order valence-electron chi connectivity index (χ1n) is 10.2. The maximum Gasteiger partial charge on any atom is 0.276 e. The molecule has 8 nitrogen and oxygen atoms in total. The Kier molecular flexibility index (Phi) is 5.78. The molecular weight excluding hydrogens is 372 g/mol. The molecule has 0 aromatic carbocycles. The van der Waals surface area contributed by atoms with Crippen LogP contribution in [0.25, 0.3) is 0 Å². The molecule has 1 N–H and O–H groups in total. The summed E-state index contributed by atoms with van der Waals surface area (Å²) in [6.07, 6.45) is 9.73. The molecule has 3 heterocycles. The lowest BCUT2D eigenvalue weighted by Crippen LogP contribution is -2.48. The second-order valence-corrected chi connectivity index (χ2v) is 7.80. The number of hydrogen-bond donors (Lipinski definition) is 1. The zero-order chi connectivity index (χ0) is 20.1. The summed E-state index contributed by atoms with van der Waals surface area (Å²) in [6.45, 7) is 1.87. The number of carbonyl (C=O) groups excluding carboxylic acids is 2. The van der Waals surface area contributed by atoms with Crippen LogP contribution in [-0.2, 0) is 4.79 Å². The molecule has 4 rings (SSSR count). The van der Waals surface area contributed by atoms with Crippen molar-refractivity contribution in [3.05, 3.63) is 42.5 Å². The Bertz CT molecular complexity index is 812. The second kappa shape index (κ2) is 8.63. The van der Waals surface area contributed by atoms with Gasteiger partial charge in [0.15, 0.2) is 5.69 Å². The molecule has 0 atom stereocenters. The Morgan fingerprint density at radius 1 is 1.28 bits per heavy atom. The van der Waals surface area contributed by atoms with Gasteiger partial charge < -0.3 is 19.5 Å². The van der Waals surface area contributed by atoms with Crippen molar-refractivity contribution >= 4 is 11.8 Å². The highest BCUT2D eigenvalue weighted by Gasteiger charge is 2.50. The Balaban J connectivity index is 1.18. The van der Waals surface area contributed by atoms with E-state index in [1.165, 1.54) is 6.26 Å². The minimum Gasteiger partial charge on any atom is -0.492 e. The monoisotopic (exact) mass is 398 g/mol. The van der Waals surface area contributed by atoms with E-state index in [4.69, 9.17) is 9.26 Å². The third kappa shape index (κ3) is 4.75. The van der Waals surface area contributed by atoms with Crippen molar-refractivity contribution in [1.29, 1.82) is 0 Å². The fourth-order valence-electron chi connectivity index (χ4n) is 4.09. The van der Waals surface area contributed by atoms with Gasteiger partial charge in [0, 0.05) is 37.3 Å². The van der Waals surface area contributed by atoms with Crippen molar-refractivity contribution in [3.8, 4) is 5.75 Å². The lowest BCUT2D eigenvalue weighted by Gasteiger charge is -2.36. The molecule has 1 saturated heterocycles. The Morgan fingerprint density at radius 3 is 2.76 bits per heavy atom. The van der Waals surface area contributed by atoms with Gasteiger partial charge in [0.2, 0.25) is 5.91 Å². The summed E-state index contributed by atoms with van der Waals surface area (Å²) in [6, 6.07) is 5.27. The van der Waals surface area contributed by atoms with Crippen LogP contribution in [0, 0.1) is 5.92 Å². The van der Waals surface area contributed by atoms with Gasteiger partial charge in [0.25, 0.3) is 5.91 Å². The molecule has 0 spiro atoms. The zero-order valence-corrected chi connectivity index (χ0v) is 16.4. The predicted molar refractivity (Wildman–Crippen MR) is 104 cm³/mol. The maximum atomic E-state index is 12.4. The predicted octanol–water partition coefficient (Wildman–Crippen LogP) is 2.43. The van der Waals surface area contributed by atoms with Crippen LogP contribution in [0.2, 0.25) is 0 Å². The second-order valence-electron chi connectivity index (χ2n) is 7.80. The average Bonchev–Trinajstić information content (AvgIpc) is 3.32. The molecule has 2 aromatic rings. The molecule has 0 radical (unpaired) electrons. The first-order chi connectivity index (χ1) is 14.2. The summed E-state index contributed by atoms with van der Waals surface area (Å²) in [5, 5.41) is 7.00. The molecule has 2 aromatic heterocycles. The highest BCUT2D eigenvalue weighted by molar-refractivity contribution is 5.92. The maximum absolute atomic E-state index is 12.4. The van der Waals surface area contributed by atoms with Crippen LogP contribution in [-0.4, -0.2) is 52.1 Å². The van der Waals surface area contributed by atoms with E-state index < -0.39 is 0 Å². The van der Waals surface area contributed by atoms with E-state index in [-0.39, 0.29) is 17.4 Å². The van der Waals surface area contributed by atoms with Crippen LogP contribution < -0.4 is 10.1 Å². The topological polar surface area (TPSA) is 97.6 Å². The average molecular weight is 398 g/mol. The van der Waals surface area contributed by atoms with Crippen molar-refractivity contribution < 1.29 is 18.8 Å². The number of hydrogen-bond acceptors (Lipinski definition) is 6. The molecule has 2 aliphatic rings. The van der Waals surface area contributed by atoms with E-state index >= 15 is 0 Å². The van der Waals surface area contributed by atoms with Gasteiger partial charge in [-0.15, -0.1) is 0 Å². The number of rotatable bonds is 8. The highest BCUT2D eigenvalue weighted by Crippen LogP contribution is 2.46. The van der Waals surface area contributed by atoms with Gasteiger partial charge in [0.05, 0.1) is 12.8 Å². The molecule has 2 fully saturated rings. The summed E-state index contributed by atoms with van der Waals surface area (Å²) in [5.41, 5.74) is 0.274. The van der Waals surface area contributed by atoms with Crippen LogP contribution in [0.3, 0.4) is 0 Å². The first kappa shape index (κ1) is 19.4. The Labute approximate surface area is 169 Å². The summed E-state index contributed by atoms with van der Waals surface area (Å²) in [7, 11) is 0. The molecule has 1 aliphatic carbocycles. The van der Waals surface area contributed by atoms with Gasteiger partial charge in [-0.25, -0.2) is 0 Å². The third-order valence-corrected chi connectivity index (χ3v) is 5.85. The SMILES string of the molecule is O=C(CCCOc1cccnc1)NC1(C2CCN(C(=O)c3ccon3)CC2)CC1. The molecular formula is C21H26N4O4. The fraction of sp³-hybridized carbons (Fsp3) is 0.524. The van der Waals surface area contributed by atoms with Crippen LogP contribution >= 0.6 is 0 Å². The molecule has 2 amide bonds. The number of likely N-dealkylation sites (tertiary alicyclic amines) is 1. The fourth-order valence-corrected chi connectivity index (χ4v) is 4.09. The number of carbonyl (C=O) groups is 2. The smallest absolute Gasteiger partial charge is 0.276 e. The number of nitrogens with zero attached hydrogens (tertiary/aromatic N) is 3. The highest BCUT2D eigenvalue weighted by atomic mass is 16.5. The summed E-state index contributed by atoms with van der Waals surface area (Å²) in [4.78, 5) is 30.6. The van der Waals surface area contributed by atoms with Crippen molar-refractivity contribution in [3.63, 3.8) is 0 Å². The van der Waals surface area contributed by atoms with Gasteiger partial charge in [-0.05, 0) is 50.2 Å². The molecule has 0 bridgehead atoms.